The molecule has 0 saturated carbocycles. The van der Waals surface area contributed by atoms with Crippen LogP contribution in [0.2, 0.25) is 0 Å². The minimum absolute atomic E-state index is 0.385. The Balaban J connectivity index is 1.74. The van der Waals surface area contributed by atoms with E-state index in [1.807, 2.05) is 12.1 Å². The lowest BCUT2D eigenvalue weighted by Crippen LogP contribution is -2.26. The summed E-state index contributed by atoms with van der Waals surface area (Å²) in [5.41, 5.74) is 1.25. The van der Waals surface area contributed by atoms with Crippen molar-refractivity contribution in [1.82, 2.24) is 5.32 Å². The van der Waals surface area contributed by atoms with Crippen molar-refractivity contribution in [2.45, 2.75) is 38.5 Å². The van der Waals surface area contributed by atoms with Gasteiger partial charge in [0.25, 0.3) is 0 Å². The molecule has 2 atom stereocenters. The first-order chi connectivity index (χ1) is 8.28. The highest BCUT2D eigenvalue weighted by molar-refractivity contribution is 5.28. The van der Waals surface area contributed by atoms with Gasteiger partial charge in [0.1, 0.15) is 5.75 Å². The molecular weight excluding hydrogens is 214 g/mol. The molecule has 1 aliphatic rings. The first-order valence-corrected chi connectivity index (χ1v) is 6.27. The molecule has 1 aromatic carbocycles. The van der Waals surface area contributed by atoms with Gasteiger partial charge >= 0.3 is 0 Å². The minimum atomic E-state index is 0.385. The fourth-order valence-corrected chi connectivity index (χ4v) is 2.20. The van der Waals surface area contributed by atoms with Crippen molar-refractivity contribution < 1.29 is 9.47 Å². The number of hydrogen-bond donors (Lipinski definition) is 1. The fraction of sp³-hybridized carbons (Fsp3) is 0.571. The lowest BCUT2D eigenvalue weighted by Gasteiger charge is -2.12. The Morgan fingerprint density at radius 3 is 3.00 bits per heavy atom. The summed E-state index contributed by atoms with van der Waals surface area (Å²) in [7, 11) is 1.69. The van der Waals surface area contributed by atoms with Gasteiger partial charge in [0.05, 0.1) is 19.3 Å². The second kappa shape index (κ2) is 6.03. The van der Waals surface area contributed by atoms with E-state index in [0.29, 0.717) is 12.2 Å². The van der Waals surface area contributed by atoms with Gasteiger partial charge < -0.3 is 14.8 Å². The Kier molecular flexibility index (Phi) is 4.40. The van der Waals surface area contributed by atoms with Gasteiger partial charge in [-0.15, -0.1) is 0 Å². The maximum absolute atomic E-state index is 5.76. The number of ether oxygens (including phenoxy) is 2. The van der Waals surface area contributed by atoms with Gasteiger partial charge in [0.2, 0.25) is 0 Å². The smallest absolute Gasteiger partial charge is 0.119 e. The first kappa shape index (κ1) is 12.4. The summed E-state index contributed by atoms with van der Waals surface area (Å²) in [5.74, 6) is 0.912. The molecule has 0 spiro atoms. The lowest BCUT2D eigenvalue weighted by molar-refractivity contribution is 0.0559. The van der Waals surface area contributed by atoms with E-state index >= 15 is 0 Å². The number of rotatable bonds is 5. The van der Waals surface area contributed by atoms with Crippen LogP contribution < -0.4 is 10.1 Å². The molecule has 1 heterocycles. The highest BCUT2D eigenvalue weighted by Crippen LogP contribution is 2.18. The molecule has 1 aliphatic heterocycles. The predicted octanol–water partition coefficient (Wildman–Crippen LogP) is 2.35. The van der Waals surface area contributed by atoms with Gasteiger partial charge in [-0.1, -0.05) is 12.1 Å². The van der Waals surface area contributed by atoms with E-state index in [1.165, 1.54) is 18.4 Å². The molecule has 0 bridgehead atoms. The van der Waals surface area contributed by atoms with E-state index in [4.69, 9.17) is 9.47 Å². The average Bonchev–Trinajstić information content (AvgIpc) is 2.75. The van der Waals surface area contributed by atoms with Crippen LogP contribution in [0.4, 0.5) is 0 Å². The van der Waals surface area contributed by atoms with Gasteiger partial charge in [-0.3, -0.25) is 0 Å². The van der Waals surface area contributed by atoms with Gasteiger partial charge in [-0.25, -0.2) is 0 Å². The average molecular weight is 235 g/mol. The maximum Gasteiger partial charge on any atom is 0.119 e. The van der Waals surface area contributed by atoms with Crippen molar-refractivity contribution in [2.75, 3.05) is 13.7 Å². The molecular formula is C14H21NO2. The van der Waals surface area contributed by atoms with Gasteiger partial charge in [0, 0.05) is 13.1 Å². The van der Waals surface area contributed by atoms with Crippen LogP contribution in [0, 0.1) is 0 Å². The van der Waals surface area contributed by atoms with Crippen molar-refractivity contribution in [3.8, 4) is 5.75 Å². The first-order valence-electron chi connectivity index (χ1n) is 6.27. The molecule has 1 aromatic rings. The van der Waals surface area contributed by atoms with Crippen molar-refractivity contribution in [2.24, 2.45) is 0 Å². The molecule has 2 unspecified atom stereocenters. The normalized spacial score (nSPS) is 23.9. The van der Waals surface area contributed by atoms with Gasteiger partial charge in [0.15, 0.2) is 0 Å². The molecule has 0 aromatic heterocycles. The van der Waals surface area contributed by atoms with Crippen LogP contribution in [0.1, 0.15) is 25.3 Å². The molecule has 0 aliphatic carbocycles. The molecule has 3 heteroatoms. The second-order valence-corrected chi connectivity index (χ2v) is 4.63. The number of methoxy groups -OCH3 is 1. The van der Waals surface area contributed by atoms with Gasteiger partial charge in [-0.2, -0.15) is 0 Å². The summed E-state index contributed by atoms with van der Waals surface area (Å²) in [6, 6.07) is 8.15. The summed E-state index contributed by atoms with van der Waals surface area (Å²) < 4.78 is 11.0. The molecule has 0 amide bonds. The minimum Gasteiger partial charge on any atom is -0.497 e. The summed E-state index contributed by atoms with van der Waals surface area (Å²) in [4.78, 5) is 0. The van der Waals surface area contributed by atoms with E-state index in [1.54, 1.807) is 7.11 Å². The third-order valence-corrected chi connectivity index (χ3v) is 3.16. The summed E-state index contributed by atoms with van der Waals surface area (Å²) in [6.07, 6.45) is 3.17. The summed E-state index contributed by atoms with van der Waals surface area (Å²) in [6.45, 7) is 3.94. The highest BCUT2D eigenvalue weighted by Gasteiger charge is 2.20. The zero-order chi connectivity index (χ0) is 12.1. The quantitative estimate of drug-likeness (QED) is 0.850. The Morgan fingerprint density at radius 2 is 2.29 bits per heavy atom. The third kappa shape index (κ3) is 3.72. The van der Waals surface area contributed by atoms with Crippen LogP contribution in [0.5, 0.6) is 5.75 Å². The molecule has 3 nitrogen and oxygen atoms in total. The van der Waals surface area contributed by atoms with Crippen LogP contribution in [0.25, 0.3) is 0 Å². The predicted molar refractivity (Wildman–Crippen MR) is 68.3 cm³/mol. The Morgan fingerprint density at radius 1 is 1.41 bits per heavy atom. The van der Waals surface area contributed by atoms with Crippen molar-refractivity contribution in [1.29, 1.82) is 0 Å². The van der Waals surface area contributed by atoms with E-state index in [0.717, 1.165) is 18.8 Å². The Hall–Kier alpha value is -1.06. The summed E-state index contributed by atoms with van der Waals surface area (Å²) >= 11 is 0. The van der Waals surface area contributed by atoms with Crippen LogP contribution in [-0.4, -0.2) is 25.9 Å². The summed E-state index contributed by atoms with van der Waals surface area (Å²) in [5, 5.41) is 3.43. The zero-order valence-corrected chi connectivity index (χ0v) is 10.6. The van der Waals surface area contributed by atoms with E-state index in [9.17, 15) is 0 Å². The Labute approximate surface area is 103 Å². The highest BCUT2D eigenvalue weighted by atomic mass is 16.5. The van der Waals surface area contributed by atoms with E-state index < -0.39 is 0 Å². The van der Waals surface area contributed by atoms with Crippen LogP contribution in [-0.2, 0) is 11.3 Å². The van der Waals surface area contributed by atoms with Crippen LogP contribution in [0.15, 0.2) is 24.3 Å². The zero-order valence-electron chi connectivity index (χ0n) is 10.6. The Bertz CT molecular complexity index is 354. The molecule has 0 radical (unpaired) electrons. The molecule has 1 N–H and O–H groups in total. The second-order valence-electron chi connectivity index (χ2n) is 4.63. The van der Waals surface area contributed by atoms with Crippen molar-refractivity contribution >= 4 is 0 Å². The maximum atomic E-state index is 5.76. The largest absolute Gasteiger partial charge is 0.497 e. The third-order valence-electron chi connectivity index (χ3n) is 3.16. The van der Waals surface area contributed by atoms with Crippen LogP contribution >= 0.6 is 0 Å². The van der Waals surface area contributed by atoms with E-state index in [-0.39, 0.29) is 0 Å². The molecule has 1 fully saturated rings. The van der Waals surface area contributed by atoms with Crippen molar-refractivity contribution in [3.63, 3.8) is 0 Å². The lowest BCUT2D eigenvalue weighted by atomic mass is 10.2. The topological polar surface area (TPSA) is 30.5 Å². The van der Waals surface area contributed by atoms with Crippen molar-refractivity contribution in [3.05, 3.63) is 29.8 Å². The monoisotopic (exact) mass is 235 g/mol. The van der Waals surface area contributed by atoms with Crippen LogP contribution in [0.3, 0.4) is 0 Å². The molecule has 1 saturated heterocycles. The standard InChI is InChI=1S/C14H21NO2/c1-11-6-7-14(17-11)10-15-9-12-4-3-5-13(8-12)16-2/h3-5,8,11,14-15H,6-7,9-10H2,1-2H3. The molecule has 2 rings (SSSR count). The number of hydrogen-bond acceptors (Lipinski definition) is 3. The molecule has 17 heavy (non-hydrogen) atoms. The number of nitrogens with one attached hydrogen (secondary N) is 1. The molecule has 94 valence electrons. The fourth-order valence-electron chi connectivity index (χ4n) is 2.20. The number of benzene rings is 1. The SMILES string of the molecule is COc1cccc(CNCC2CCC(C)O2)c1. The van der Waals surface area contributed by atoms with Gasteiger partial charge in [-0.05, 0) is 37.5 Å². The van der Waals surface area contributed by atoms with E-state index in [2.05, 4.69) is 24.4 Å².